The Morgan fingerprint density at radius 1 is 1.11 bits per heavy atom. The molecule has 0 radical (unpaired) electrons. The first-order chi connectivity index (χ1) is 16.7. The molecule has 1 spiro atoms. The normalized spacial score (nSPS) is 24.8. The SMILES string of the molecule is CC1(OC(=O)N2CCC3(CC2)CC(CCCOc2ccc(C(=O)N4CC[C@H](O)C4)c(F)c2)C3)CC1. The van der Waals surface area contributed by atoms with Gasteiger partial charge in [0.1, 0.15) is 17.2 Å². The van der Waals surface area contributed by atoms with E-state index in [-0.39, 0.29) is 29.7 Å². The molecule has 192 valence electrons. The van der Waals surface area contributed by atoms with Crippen LogP contribution in [0.5, 0.6) is 5.75 Å². The van der Waals surface area contributed by atoms with Crippen molar-refractivity contribution < 1.29 is 28.6 Å². The van der Waals surface area contributed by atoms with Crippen molar-refractivity contribution in [3.63, 3.8) is 0 Å². The lowest BCUT2D eigenvalue weighted by molar-refractivity contribution is -0.0231. The van der Waals surface area contributed by atoms with Crippen molar-refractivity contribution in [3.8, 4) is 5.75 Å². The maximum Gasteiger partial charge on any atom is 0.410 e. The Labute approximate surface area is 206 Å². The van der Waals surface area contributed by atoms with Gasteiger partial charge in [-0.2, -0.15) is 0 Å². The Kier molecular flexibility index (Phi) is 6.68. The van der Waals surface area contributed by atoms with Gasteiger partial charge in [-0.15, -0.1) is 0 Å². The number of aliphatic hydroxyl groups is 1. The molecule has 35 heavy (non-hydrogen) atoms. The topological polar surface area (TPSA) is 79.3 Å². The second-order valence-electron chi connectivity index (χ2n) is 11.4. The lowest BCUT2D eigenvalue weighted by Gasteiger charge is -2.52. The zero-order valence-corrected chi connectivity index (χ0v) is 20.6. The summed E-state index contributed by atoms with van der Waals surface area (Å²) in [4.78, 5) is 28.1. The van der Waals surface area contributed by atoms with Gasteiger partial charge >= 0.3 is 6.09 Å². The first-order valence-corrected chi connectivity index (χ1v) is 13.1. The van der Waals surface area contributed by atoms with Crippen LogP contribution in [0.4, 0.5) is 9.18 Å². The lowest BCUT2D eigenvalue weighted by atomic mass is 9.56. The average molecular weight is 489 g/mol. The predicted molar refractivity (Wildman–Crippen MR) is 128 cm³/mol. The molecule has 1 aromatic rings. The number of amides is 2. The molecule has 4 fully saturated rings. The largest absolute Gasteiger partial charge is 0.493 e. The number of hydrogen-bond donors (Lipinski definition) is 1. The number of ether oxygens (including phenoxy) is 2. The third kappa shape index (κ3) is 5.57. The maximum absolute atomic E-state index is 14.5. The Balaban J connectivity index is 0.987. The van der Waals surface area contributed by atoms with Gasteiger partial charge in [0.05, 0.1) is 18.3 Å². The minimum Gasteiger partial charge on any atom is -0.493 e. The zero-order valence-electron chi connectivity index (χ0n) is 20.6. The fourth-order valence-corrected chi connectivity index (χ4v) is 5.91. The molecule has 7 nitrogen and oxygen atoms in total. The number of piperidine rings is 1. The van der Waals surface area contributed by atoms with Crippen molar-refractivity contribution in [2.45, 2.75) is 76.4 Å². The van der Waals surface area contributed by atoms with E-state index in [0.29, 0.717) is 36.7 Å². The summed E-state index contributed by atoms with van der Waals surface area (Å²) in [6.45, 7) is 4.83. The molecule has 1 atom stereocenters. The van der Waals surface area contributed by atoms with Crippen molar-refractivity contribution in [1.29, 1.82) is 0 Å². The lowest BCUT2D eigenvalue weighted by Crippen LogP contribution is -2.49. The number of aliphatic hydroxyl groups excluding tert-OH is 1. The zero-order chi connectivity index (χ0) is 24.6. The minimum atomic E-state index is -0.587. The van der Waals surface area contributed by atoms with Gasteiger partial charge in [0, 0.05) is 32.2 Å². The number of halogens is 1. The summed E-state index contributed by atoms with van der Waals surface area (Å²) in [7, 11) is 0. The fourth-order valence-electron chi connectivity index (χ4n) is 5.91. The molecule has 8 heteroatoms. The van der Waals surface area contributed by atoms with Crippen LogP contribution in [0.15, 0.2) is 18.2 Å². The van der Waals surface area contributed by atoms with Gasteiger partial charge in [0.15, 0.2) is 0 Å². The number of β-amino-alcohol motifs (C(OH)–C–C–N with tert-alkyl or cyclic N) is 1. The van der Waals surface area contributed by atoms with E-state index >= 15 is 0 Å². The molecule has 1 N–H and O–H groups in total. The molecule has 2 aliphatic heterocycles. The highest BCUT2D eigenvalue weighted by Crippen LogP contribution is 2.54. The molecule has 2 amide bonds. The number of rotatable bonds is 7. The number of likely N-dealkylation sites (tertiary alicyclic amines) is 2. The third-order valence-corrected chi connectivity index (χ3v) is 8.46. The second-order valence-corrected chi connectivity index (χ2v) is 11.4. The monoisotopic (exact) mass is 488 g/mol. The summed E-state index contributed by atoms with van der Waals surface area (Å²) in [5, 5.41) is 9.60. The molecule has 5 rings (SSSR count). The Hall–Kier alpha value is -2.35. The van der Waals surface area contributed by atoms with E-state index in [1.807, 2.05) is 11.8 Å². The first-order valence-electron chi connectivity index (χ1n) is 13.1. The molecule has 2 saturated carbocycles. The van der Waals surface area contributed by atoms with Crippen LogP contribution in [-0.4, -0.2) is 71.4 Å². The molecule has 2 saturated heterocycles. The predicted octanol–water partition coefficient (Wildman–Crippen LogP) is 4.37. The first kappa shape index (κ1) is 24.3. The van der Waals surface area contributed by atoms with E-state index in [4.69, 9.17) is 9.47 Å². The number of benzene rings is 1. The van der Waals surface area contributed by atoms with Crippen molar-refractivity contribution in [3.05, 3.63) is 29.6 Å². The number of carbonyl (C=O) groups is 2. The summed E-state index contributed by atoms with van der Waals surface area (Å²) >= 11 is 0. The molecule has 0 aromatic heterocycles. The maximum atomic E-state index is 14.5. The number of carbonyl (C=O) groups excluding carboxylic acids is 2. The van der Waals surface area contributed by atoms with E-state index in [2.05, 4.69) is 0 Å². The van der Waals surface area contributed by atoms with Gasteiger partial charge in [-0.3, -0.25) is 4.79 Å². The van der Waals surface area contributed by atoms with Crippen LogP contribution < -0.4 is 4.74 Å². The smallest absolute Gasteiger partial charge is 0.410 e. The molecule has 0 unspecified atom stereocenters. The van der Waals surface area contributed by atoms with Crippen LogP contribution in [0.25, 0.3) is 0 Å². The van der Waals surface area contributed by atoms with Gasteiger partial charge < -0.3 is 24.4 Å². The van der Waals surface area contributed by atoms with Crippen molar-refractivity contribution in [2.75, 3.05) is 32.8 Å². The molecule has 0 bridgehead atoms. The highest BCUT2D eigenvalue weighted by molar-refractivity contribution is 5.94. The molecule has 2 aliphatic carbocycles. The highest BCUT2D eigenvalue weighted by Gasteiger charge is 2.47. The van der Waals surface area contributed by atoms with E-state index in [9.17, 15) is 19.1 Å². The van der Waals surface area contributed by atoms with Crippen LogP contribution in [-0.2, 0) is 4.74 Å². The Morgan fingerprint density at radius 2 is 1.86 bits per heavy atom. The van der Waals surface area contributed by atoms with Gasteiger partial charge in [0.25, 0.3) is 5.91 Å². The fraction of sp³-hybridized carbons (Fsp3) is 0.704. The van der Waals surface area contributed by atoms with Gasteiger partial charge in [0.2, 0.25) is 0 Å². The van der Waals surface area contributed by atoms with Crippen LogP contribution >= 0.6 is 0 Å². The number of hydrogen-bond acceptors (Lipinski definition) is 5. The van der Waals surface area contributed by atoms with Crippen LogP contribution in [0, 0.1) is 17.2 Å². The minimum absolute atomic E-state index is 0.0206. The average Bonchev–Trinajstić information content (AvgIpc) is 3.37. The van der Waals surface area contributed by atoms with E-state index in [1.165, 1.54) is 29.9 Å². The van der Waals surface area contributed by atoms with Crippen LogP contribution in [0.2, 0.25) is 0 Å². The molecular weight excluding hydrogens is 451 g/mol. The van der Waals surface area contributed by atoms with Gasteiger partial charge in [-0.05, 0) is 88.2 Å². The quantitative estimate of drug-likeness (QED) is 0.577. The Bertz CT molecular complexity index is 949. The van der Waals surface area contributed by atoms with Crippen LogP contribution in [0.3, 0.4) is 0 Å². The van der Waals surface area contributed by atoms with Crippen LogP contribution in [0.1, 0.15) is 75.1 Å². The van der Waals surface area contributed by atoms with Gasteiger partial charge in [-0.1, -0.05) is 0 Å². The summed E-state index contributed by atoms with van der Waals surface area (Å²) in [5.74, 6) is 0.153. The highest BCUT2D eigenvalue weighted by atomic mass is 19.1. The van der Waals surface area contributed by atoms with E-state index in [0.717, 1.165) is 51.6 Å². The number of nitrogens with zero attached hydrogens (tertiary/aromatic N) is 2. The summed E-state index contributed by atoms with van der Waals surface area (Å²) in [6, 6.07) is 4.39. The summed E-state index contributed by atoms with van der Waals surface area (Å²) < 4.78 is 25.8. The third-order valence-electron chi connectivity index (χ3n) is 8.46. The molecule has 4 aliphatic rings. The molecule has 2 heterocycles. The Morgan fingerprint density at radius 3 is 2.49 bits per heavy atom. The standard InChI is InChI=1S/C27H37FN2O5/c1-26(7-8-26)35-25(33)29-12-9-27(10-13-29)16-19(17-27)3-2-14-34-21-4-5-22(23(28)15-21)24(32)30-11-6-20(31)18-30/h4-5,15,19-20,31H,2-3,6-14,16-18H2,1H3/t20-/m0/s1. The van der Waals surface area contributed by atoms with Crippen molar-refractivity contribution >= 4 is 12.0 Å². The molecular formula is C27H37FN2O5. The summed E-state index contributed by atoms with van der Waals surface area (Å²) in [6.07, 6.45) is 8.36. The summed E-state index contributed by atoms with van der Waals surface area (Å²) in [5.41, 5.74) is 0.203. The van der Waals surface area contributed by atoms with E-state index < -0.39 is 11.9 Å². The van der Waals surface area contributed by atoms with Crippen molar-refractivity contribution in [2.24, 2.45) is 11.3 Å². The van der Waals surface area contributed by atoms with E-state index in [1.54, 1.807) is 6.07 Å². The van der Waals surface area contributed by atoms with Crippen molar-refractivity contribution in [1.82, 2.24) is 9.80 Å². The molecule has 1 aromatic carbocycles. The van der Waals surface area contributed by atoms with Gasteiger partial charge in [-0.25, -0.2) is 9.18 Å². The second kappa shape index (κ2) is 9.60.